The highest BCUT2D eigenvalue weighted by Gasteiger charge is 2.31. The van der Waals surface area contributed by atoms with Gasteiger partial charge >= 0.3 is 0 Å². The van der Waals surface area contributed by atoms with E-state index in [-0.39, 0.29) is 0 Å². The van der Waals surface area contributed by atoms with Crippen LogP contribution in [-0.4, -0.2) is 12.2 Å². The molecular formula is C22H18O2. The molecule has 0 heterocycles. The van der Waals surface area contributed by atoms with Crippen LogP contribution in [0.5, 0.6) is 5.75 Å². The Kier molecular flexibility index (Phi) is 3.68. The molecule has 1 aliphatic carbocycles. The minimum Gasteiger partial charge on any atom is -0.497 e. The Morgan fingerprint density at radius 2 is 1.42 bits per heavy atom. The molecule has 1 unspecified atom stereocenters. The summed E-state index contributed by atoms with van der Waals surface area (Å²) in [6.07, 6.45) is -0.621. The van der Waals surface area contributed by atoms with Crippen molar-refractivity contribution in [2.24, 2.45) is 0 Å². The molecule has 2 heteroatoms. The highest BCUT2D eigenvalue weighted by atomic mass is 16.5. The lowest BCUT2D eigenvalue weighted by atomic mass is 9.94. The molecular weight excluding hydrogens is 296 g/mol. The summed E-state index contributed by atoms with van der Waals surface area (Å²) in [5.41, 5.74) is 6.24. The number of benzene rings is 3. The highest BCUT2D eigenvalue weighted by Crippen LogP contribution is 2.48. The van der Waals surface area contributed by atoms with E-state index in [1.54, 1.807) is 7.11 Å². The number of aliphatic hydroxyl groups is 1. The minimum atomic E-state index is -0.621. The third kappa shape index (κ3) is 2.32. The molecule has 0 fully saturated rings. The number of rotatable bonds is 3. The van der Waals surface area contributed by atoms with Crippen LogP contribution in [0.3, 0.4) is 0 Å². The maximum Gasteiger partial charge on any atom is 0.118 e. The van der Waals surface area contributed by atoms with Crippen molar-refractivity contribution in [1.29, 1.82) is 0 Å². The summed E-state index contributed by atoms with van der Waals surface area (Å²) in [5, 5.41) is 11.0. The van der Waals surface area contributed by atoms with Crippen LogP contribution in [0, 0.1) is 0 Å². The molecule has 0 spiro atoms. The topological polar surface area (TPSA) is 29.5 Å². The van der Waals surface area contributed by atoms with Gasteiger partial charge in [0.1, 0.15) is 11.9 Å². The second kappa shape index (κ2) is 5.99. The number of hydrogen-bond acceptors (Lipinski definition) is 2. The molecule has 0 saturated carbocycles. The molecule has 3 aromatic rings. The molecule has 118 valence electrons. The maximum atomic E-state index is 11.0. The van der Waals surface area contributed by atoms with Crippen molar-refractivity contribution >= 4 is 11.1 Å². The number of ether oxygens (including phenoxy) is 1. The van der Waals surface area contributed by atoms with Crippen molar-refractivity contribution < 1.29 is 9.84 Å². The minimum absolute atomic E-state index is 0.621. The Bertz CT molecular complexity index is 893. The highest BCUT2D eigenvalue weighted by molar-refractivity contribution is 6.05. The summed E-state index contributed by atoms with van der Waals surface area (Å²) in [5.74, 6) is 0.811. The predicted octanol–water partition coefficient (Wildman–Crippen LogP) is 4.70. The summed E-state index contributed by atoms with van der Waals surface area (Å²) in [6.45, 7) is 0. The van der Waals surface area contributed by atoms with Gasteiger partial charge in [0.25, 0.3) is 0 Å². The van der Waals surface area contributed by atoms with Gasteiger partial charge in [0.2, 0.25) is 0 Å². The second-order valence-corrected chi connectivity index (χ2v) is 5.87. The first kappa shape index (κ1) is 14.7. The Hall–Kier alpha value is -2.84. The van der Waals surface area contributed by atoms with E-state index < -0.39 is 6.10 Å². The fourth-order valence-electron chi connectivity index (χ4n) is 3.39. The van der Waals surface area contributed by atoms with Crippen molar-refractivity contribution in [3.8, 4) is 5.75 Å². The van der Waals surface area contributed by atoms with Crippen molar-refractivity contribution in [2.75, 3.05) is 7.11 Å². The molecule has 1 N–H and O–H groups in total. The third-order valence-electron chi connectivity index (χ3n) is 4.53. The molecule has 0 amide bonds. The van der Waals surface area contributed by atoms with Gasteiger partial charge in [0, 0.05) is 5.57 Å². The first-order valence-electron chi connectivity index (χ1n) is 8.01. The summed E-state index contributed by atoms with van der Waals surface area (Å²) in [6, 6.07) is 26.2. The van der Waals surface area contributed by atoms with Crippen molar-refractivity contribution in [3.05, 3.63) is 101 Å². The summed E-state index contributed by atoms with van der Waals surface area (Å²) < 4.78 is 5.25. The zero-order chi connectivity index (χ0) is 16.5. The normalized spacial score (nSPS) is 16.2. The van der Waals surface area contributed by atoms with E-state index in [2.05, 4.69) is 18.2 Å². The van der Waals surface area contributed by atoms with E-state index in [1.165, 1.54) is 0 Å². The van der Waals surface area contributed by atoms with E-state index in [0.29, 0.717) is 0 Å². The fourth-order valence-corrected chi connectivity index (χ4v) is 3.39. The van der Waals surface area contributed by atoms with Gasteiger partial charge in [-0.25, -0.2) is 0 Å². The predicted molar refractivity (Wildman–Crippen MR) is 96.8 cm³/mol. The second-order valence-electron chi connectivity index (χ2n) is 5.87. The molecule has 0 bridgehead atoms. The van der Waals surface area contributed by atoms with Gasteiger partial charge in [-0.05, 0) is 40.0 Å². The van der Waals surface area contributed by atoms with Gasteiger partial charge < -0.3 is 9.84 Å². The zero-order valence-electron chi connectivity index (χ0n) is 13.4. The molecule has 2 nitrogen and oxygen atoms in total. The lowest BCUT2D eigenvalue weighted by molar-refractivity contribution is 0.241. The van der Waals surface area contributed by atoms with Gasteiger partial charge in [0.05, 0.1) is 7.11 Å². The van der Waals surface area contributed by atoms with Crippen LogP contribution in [0.25, 0.3) is 11.1 Å². The fraction of sp³-hybridized carbons (Fsp3) is 0.0909. The SMILES string of the molecule is COc1ccc(C2=C(c3ccccc3)c3ccccc3C2O)cc1. The van der Waals surface area contributed by atoms with Crippen molar-refractivity contribution in [1.82, 2.24) is 0 Å². The number of aliphatic hydroxyl groups excluding tert-OH is 1. The first-order valence-corrected chi connectivity index (χ1v) is 8.01. The van der Waals surface area contributed by atoms with Crippen LogP contribution >= 0.6 is 0 Å². The molecule has 0 saturated heterocycles. The maximum absolute atomic E-state index is 11.0. The smallest absolute Gasteiger partial charge is 0.118 e. The standard InChI is InChI=1S/C22H18O2/c1-24-17-13-11-16(12-14-17)21-20(15-7-3-2-4-8-15)18-9-5-6-10-19(18)22(21)23/h2-14,22-23H,1H3. The van der Waals surface area contributed by atoms with Crippen LogP contribution in [0.15, 0.2) is 78.9 Å². The van der Waals surface area contributed by atoms with Crippen LogP contribution in [-0.2, 0) is 0 Å². The molecule has 0 aliphatic heterocycles. The van der Waals surface area contributed by atoms with E-state index in [1.807, 2.05) is 60.7 Å². The largest absolute Gasteiger partial charge is 0.497 e. The van der Waals surface area contributed by atoms with Crippen molar-refractivity contribution in [3.63, 3.8) is 0 Å². The number of fused-ring (bicyclic) bond motifs is 1. The Morgan fingerprint density at radius 1 is 0.750 bits per heavy atom. The first-order chi connectivity index (χ1) is 11.8. The van der Waals surface area contributed by atoms with Crippen LogP contribution in [0.1, 0.15) is 28.4 Å². The van der Waals surface area contributed by atoms with E-state index in [9.17, 15) is 5.11 Å². The number of methoxy groups -OCH3 is 1. The van der Waals surface area contributed by atoms with Gasteiger partial charge in [-0.15, -0.1) is 0 Å². The lowest BCUT2D eigenvalue weighted by Gasteiger charge is -2.13. The lowest BCUT2D eigenvalue weighted by Crippen LogP contribution is -1.97. The van der Waals surface area contributed by atoms with Gasteiger partial charge in [-0.1, -0.05) is 66.7 Å². The zero-order valence-corrected chi connectivity index (χ0v) is 13.4. The van der Waals surface area contributed by atoms with Crippen LogP contribution < -0.4 is 4.74 Å². The van der Waals surface area contributed by atoms with Crippen LogP contribution in [0.4, 0.5) is 0 Å². The van der Waals surface area contributed by atoms with Crippen LogP contribution in [0.2, 0.25) is 0 Å². The van der Waals surface area contributed by atoms with Gasteiger partial charge in [-0.2, -0.15) is 0 Å². The molecule has 3 aromatic carbocycles. The van der Waals surface area contributed by atoms with Gasteiger partial charge in [-0.3, -0.25) is 0 Å². The van der Waals surface area contributed by atoms with E-state index in [4.69, 9.17) is 4.74 Å². The van der Waals surface area contributed by atoms with Gasteiger partial charge in [0.15, 0.2) is 0 Å². The summed E-state index contributed by atoms with van der Waals surface area (Å²) in [4.78, 5) is 0. The Labute approximate surface area is 141 Å². The summed E-state index contributed by atoms with van der Waals surface area (Å²) in [7, 11) is 1.66. The monoisotopic (exact) mass is 314 g/mol. The quantitative estimate of drug-likeness (QED) is 0.759. The third-order valence-corrected chi connectivity index (χ3v) is 4.53. The molecule has 24 heavy (non-hydrogen) atoms. The van der Waals surface area contributed by atoms with Crippen molar-refractivity contribution in [2.45, 2.75) is 6.10 Å². The molecule has 1 aliphatic rings. The average Bonchev–Trinajstić information content (AvgIpc) is 2.95. The molecule has 1 atom stereocenters. The average molecular weight is 314 g/mol. The van der Waals surface area contributed by atoms with E-state index in [0.717, 1.165) is 39.1 Å². The molecule has 0 aromatic heterocycles. The molecule has 4 rings (SSSR count). The molecule has 0 radical (unpaired) electrons. The Morgan fingerprint density at radius 3 is 2.12 bits per heavy atom. The number of hydrogen-bond donors (Lipinski definition) is 1. The Balaban J connectivity index is 1.96. The van der Waals surface area contributed by atoms with E-state index >= 15 is 0 Å². The summed E-state index contributed by atoms with van der Waals surface area (Å²) >= 11 is 0.